The molecule has 0 saturated carbocycles. The number of aliphatic hydroxyl groups is 1. The lowest BCUT2D eigenvalue weighted by Crippen LogP contribution is -2.34. The highest BCUT2D eigenvalue weighted by atomic mass is 16.3. The number of piperidine rings is 1. The van der Waals surface area contributed by atoms with Crippen molar-refractivity contribution in [2.24, 2.45) is 13.0 Å². The van der Waals surface area contributed by atoms with Crippen LogP contribution in [0.1, 0.15) is 18.5 Å². The second kappa shape index (κ2) is 4.77. The van der Waals surface area contributed by atoms with Crippen molar-refractivity contribution < 1.29 is 5.11 Å². The summed E-state index contributed by atoms with van der Waals surface area (Å²) in [6.07, 6.45) is 6.01. The van der Waals surface area contributed by atoms with Crippen molar-refractivity contribution >= 4 is 0 Å². The quantitative estimate of drug-likeness (QED) is 0.793. The Kier molecular flexibility index (Phi) is 3.38. The van der Waals surface area contributed by atoms with Crippen LogP contribution < -0.4 is 0 Å². The van der Waals surface area contributed by atoms with Gasteiger partial charge in [-0.05, 0) is 31.8 Å². The average Bonchev–Trinajstić information content (AvgIpc) is 2.66. The lowest BCUT2D eigenvalue weighted by molar-refractivity contribution is 0.126. The second-order valence-electron chi connectivity index (χ2n) is 4.40. The topological polar surface area (TPSA) is 41.3 Å². The Balaban J connectivity index is 1.85. The SMILES string of the molecule is Cn1cncc1CN1CCC(CO)CC1. The van der Waals surface area contributed by atoms with Gasteiger partial charge in [0.25, 0.3) is 0 Å². The standard InChI is InChI=1S/C11H19N3O/c1-13-9-12-6-11(13)7-14-4-2-10(8-15)3-5-14/h6,9-10,15H,2-5,7-8H2,1H3. The van der Waals surface area contributed by atoms with Crippen LogP contribution in [-0.2, 0) is 13.6 Å². The average molecular weight is 209 g/mol. The van der Waals surface area contributed by atoms with Gasteiger partial charge in [0.1, 0.15) is 0 Å². The van der Waals surface area contributed by atoms with Crippen molar-refractivity contribution in [3.8, 4) is 0 Å². The Morgan fingerprint density at radius 3 is 2.73 bits per heavy atom. The highest BCUT2D eigenvalue weighted by Gasteiger charge is 2.18. The van der Waals surface area contributed by atoms with Crippen molar-refractivity contribution in [2.45, 2.75) is 19.4 Å². The first-order valence-corrected chi connectivity index (χ1v) is 5.58. The van der Waals surface area contributed by atoms with Crippen LogP contribution in [0, 0.1) is 5.92 Å². The zero-order valence-corrected chi connectivity index (χ0v) is 9.26. The lowest BCUT2D eigenvalue weighted by Gasteiger charge is -2.30. The van der Waals surface area contributed by atoms with E-state index < -0.39 is 0 Å². The van der Waals surface area contributed by atoms with Gasteiger partial charge < -0.3 is 9.67 Å². The van der Waals surface area contributed by atoms with Gasteiger partial charge in [-0.15, -0.1) is 0 Å². The summed E-state index contributed by atoms with van der Waals surface area (Å²) in [6, 6.07) is 0. The van der Waals surface area contributed by atoms with Crippen molar-refractivity contribution in [1.29, 1.82) is 0 Å². The van der Waals surface area contributed by atoms with Gasteiger partial charge in [0.05, 0.1) is 12.0 Å². The lowest BCUT2D eigenvalue weighted by atomic mass is 9.98. The fourth-order valence-corrected chi connectivity index (χ4v) is 2.09. The van der Waals surface area contributed by atoms with E-state index in [2.05, 4.69) is 14.5 Å². The number of nitrogens with zero attached hydrogens (tertiary/aromatic N) is 3. The molecule has 4 heteroatoms. The van der Waals surface area contributed by atoms with Gasteiger partial charge in [-0.1, -0.05) is 0 Å². The predicted octanol–water partition coefficient (Wildman–Crippen LogP) is 0.624. The first-order chi connectivity index (χ1) is 7.29. The van der Waals surface area contributed by atoms with Crippen LogP contribution in [0.5, 0.6) is 0 Å². The molecule has 1 fully saturated rings. The molecule has 2 heterocycles. The van der Waals surface area contributed by atoms with E-state index in [0.717, 1.165) is 32.5 Å². The molecule has 0 atom stereocenters. The van der Waals surface area contributed by atoms with Crippen LogP contribution in [0.3, 0.4) is 0 Å². The molecule has 1 aliphatic heterocycles. The van der Waals surface area contributed by atoms with E-state index >= 15 is 0 Å². The second-order valence-corrected chi connectivity index (χ2v) is 4.40. The zero-order chi connectivity index (χ0) is 10.7. The summed E-state index contributed by atoms with van der Waals surface area (Å²) < 4.78 is 2.07. The van der Waals surface area contributed by atoms with Gasteiger partial charge in [0.15, 0.2) is 0 Å². The van der Waals surface area contributed by atoms with Crippen LogP contribution in [0.2, 0.25) is 0 Å². The molecule has 1 saturated heterocycles. The molecule has 0 amide bonds. The van der Waals surface area contributed by atoms with Gasteiger partial charge in [-0.2, -0.15) is 0 Å². The highest BCUT2D eigenvalue weighted by molar-refractivity contribution is 4.97. The van der Waals surface area contributed by atoms with Crippen molar-refractivity contribution in [2.75, 3.05) is 19.7 Å². The molecular formula is C11H19N3O. The van der Waals surface area contributed by atoms with E-state index in [1.165, 1.54) is 5.69 Å². The Morgan fingerprint density at radius 2 is 2.20 bits per heavy atom. The van der Waals surface area contributed by atoms with Gasteiger partial charge in [-0.25, -0.2) is 4.98 Å². The molecule has 0 spiro atoms. The minimum absolute atomic E-state index is 0.347. The summed E-state index contributed by atoms with van der Waals surface area (Å²) in [6.45, 7) is 3.51. The van der Waals surface area contributed by atoms with E-state index in [1.807, 2.05) is 19.6 Å². The maximum absolute atomic E-state index is 9.05. The van der Waals surface area contributed by atoms with E-state index in [-0.39, 0.29) is 0 Å². The number of hydrogen-bond donors (Lipinski definition) is 1. The molecule has 1 aliphatic rings. The molecule has 0 unspecified atom stereocenters. The number of likely N-dealkylation sites (tertiary alicyclic amines) is 1. The Morgan fingerprint density at radius 1 is 1.47 bits per heavy atom. The van der Waals surface area contributed by atoms with Gasteiger partial charge in [0, 0.05) is 26.4 Å². The van der Waals surface area contributed by atoms with Crippen molar-refractivity contribution in [3.05, 3.63) is 18.2 Å². The highest BCUT2D eigenvalue weighted by Crippen LogP contribution is 2.17. The van der Waals surface area contributed by atoms with E-state index in [4.69, 9.17) is 5.11 Å². The number of aryl methyl sites for hydroxylation is 1. The Labute approximate surface area is 90.5 Å². The molecule has 1 aromatic rings. The van der Waals surface area contributed by atoms with Crippen LogP contribution in [-0.4, -0.2) is 39.3 Å². The van der Waals surface area contributed by atoms with E-state index in [0.29, 0.717) is 12.5 Å². The number of imidazole rings is 1. The van der Waals surface area contributed by atoms with Gasteiger partial charge >= 0.3 is 0 Å². The summed E-state index contributed by atoms with van der Waals surface area (Å²) in [7, 11) is 2.03. The van der Waals surface area contributed by atoms with Crippen LogP contribution >= 0.6 is 0 Å². The summed E-state index contributed by atoms with van der Waals surface area (Å²) >= 11 is 0. The number of rotatable bonds is 3. The molecule has 0 aliphatic carbocycles. The summed E-state index contributed by atoms with van der Waals surface area (Å²) in [4.78, 5) is 6.55. The molecule has 0 bridgehead atoms. The minimum atomic E-state index is 0.347. The molecule has 4 nitrogen and oxygen atoms in total. The molecule has 1 aromatic heterocycles. The number of aromatic nitrogens is 2. The molecule has 2 rings (SSSR count). The normalized spacial score (nSPS) is 19.6. The van der Waals surface area contributed by atoms with Crippen LogP contribution in [0.4, 0.5) is 0 Å². The van der Waals surface area contributed by atoms with Crippen LogP contribution in [0.15, 0.2) is 12.5 Å². The summed E-state index contributed by atoms with van der Waals surface area (Å²) in [5.74, 6) is 0.521. The molecular weight excluding hydrogens is 190 g/mol. The van der Waals surface area contributed by atoms with Gasteiger partial charge in [0.2, 0.25) is 0 Å². The third-order valence-electron chi connectivity index (χ3n) is 3.27. The third-order valence-corrected chi connectivity index (χ3v) is 3.27. The predicted molar refractivity (Wildman–Crippen MR) is 58.3 cm³/mol. The molecule has 15 heavy (non-hydrogen) atoms. The maximum atomic E-state index is 9.05. The monoisotopic (exact) mass is 209 g/mol. The number of hydrogen-bond acceptors (Lipinski definition) is 3. The van der Waals surface area contributed by atoms with E-state index in [9.17, 15) is 0 Å². The Bertz CT molecular complexity index is 303. The first kappa shape index (κ1) is 10.6. The molecule has 84 valence electrons. The zero-order valence-electron chi connectivity index (χ0n) is 9.26. The van der Waals surface area contributed by atoms with E-state index in [1.54, 1.807) is 0 Å². The van der Waals surface area contributed by atoms with Gasteiger partial charge in [-0.3, -0.25) is 4.90 Å². The van der Waals surface area contributed by atoms with Crippen molar-refractivity contribution in [1.82, 2.24) is 14.5 Å². The summed E-state index contributed by atoms with van der Waals surface area (Å²) in [5.41, 5.74) is 1.26. The van der Waals surface area contributed by atoms with Crippen LogP contribution in [0.25, 0.3) is 0 Å². The molecule has 1 N–H and O–H groups in total. The summed E-state index contributed by atoms with van der Waals surface area (Å²) in [5, 5.41) is 9.05. The fourth-order valence-electron chi connectivity index (χ4n) is 2.09. The smallest absolute Gasteiger partial charge is 0.0945 e. The molecule has 0 radical (unpaired) electrons. The largest absolute Gasteiger partial charge is 0.396 e. The maximum Gasteiger partial charge on any atom is 0.0945 e. The number of aliphatic hydroxyl groups excluding tert-OH is 1. The third kappa shape index (κ3) is 2.58. The Hall–Kier alpha value is -0.870. The van der Waals surface area contributed by atoms with Crippen molar-refractivity contribution in [3.63, 3.8) is 0 Å². The minimum Gasteiger partial charge on any atom is -0.396 e. The fraction of sp³-hybridized carbons (Fsp3) is 0.727. The molecule has 0 aromatic carbocycles. The first-order valence-electron chi connectivity index (χ1n) is 5.58.